The van der Waals surface area contributed by atoms with E-state index in [4.69, 9.17) is 4.74 Å². The summed E-state index contributed by atoms with van der Waals surface area (Å²) in [6.45, 7) is 4.47. The molecule has 0 amide bonds. The van der Waals surface area contributed by atoms with Gasteiger partial charge in [0.1, 0.15) is 17.6 Å². The highest BCUT2D eigenvalue weighted by Gasteiger charge is 2.42. The average Bonchev–Trinajstić information content (AvgIpc) is 2.73. The van der Waals surface area contributed by atoms with Crippen molar-refractivity contribution in [1.29, 1.82) is 0 Å². The third kappa shape index (κ3) is 7.83. The zero-order valence-corrected chi connectivity index (χ0v) is 20.6. The lowest BCUT2D eigenvalue weighted by Crippen LogP contribution is -2.37. The van der Waals surface area contributed by atoms with E-state index in [1.165, 1.54) is 24.3 Å². The molecule has 0 bridgehead atoms. The van der Waals surface area contributed by atoms with E-state index >= 15 is 0 Å². The number of rotatable bonds is 8. The molecule has 1 fully saturated rings. The van der Waals surface area contributed by atoms with Crippen LogP contribution in [0.4, 0.5) is 17.6 Å². The summed E-state index contributed by atoms with van der Waals surface area (Å²) in [6.07, 6.45) is -2.32. The fraction of sp³-hybridized carbons (Fsp3) is 0.478. The van der Waals surface area contributed by atoms with Gasteiger partial charge in [-0.2, -0.15) is 17.9 Å². The number of alkyl halides is 3. The van der Waals surface area contributed by atoms with Gasteiger partial charge in [0.05, 0.1) is 12.9 Å². The van der Waals surface area contributed by atoms with E-state index in [-0.39, 0.29) is 29.7 Å². The van der Waals surface area contributed by atoms with Gasteiger partial charge < -0.3 is 4.74 Å². The van der Waals surface area contributed by atoms with Gasteiger partial charge in [-0.15, -0.1) is 12.4 Å². The fourth-order valence-corrected chi connectivity index (χ4v) is 4.84. The van der Waals surface area contributed by atoms with Crippen molar-refractivity contribution in [3.8, 4) is 5.75 Å². The molecule has 5 nitrogen and oxygen atoms in total. The van der Waals surface area contributed by atoms with Crippen molar-refractivity contribution in [3.05, 3.63) is 65.0 Å². The molecule has 3 rings (SSSR count). The van der Waals surface area contributed by atoms with Crippen molar-refractivity contribution >= 4 is 22.4 Å². The van der Waals surface area contributed by atoms with Gasteiger partial charge in [0.2, 0.25) is 10.0 Å². The highest BCUT2D eigenvalue weighted by atomic mass is 35.5. The van der Waals surface area contributed by atoms with Crippen LogP contribution in [0.3, 0.4) is 0 Å². The van der Waals surface area contributed by atoms with Crippen molar-refractivity contribution in [1.82, 2.24) is 9.62 Å². The third-order valence-electron chi connectivity index (χ3n) is 5.68. The van der Waals surface area contributed by atoms with Gasteiger partial charge in [-0.05, 0) is 61.5 Å². The second kappa shape index (κ2) is 11.7. The lowest BCUT2D eigenvalue weighted by atomic mass is 9.88. The van der Waals surface area contributed by atoms with Gasteiger partial charge in [0.25, 0.3) is 0 Å². The van der Waals surface area contributed by atoms with E-state index < -0.39 is 22.2 Å². The minimum atomic E-state index is -4.74. The van der Waals surface area contributed by atoms with Gasteiger partial charge in [-0.1, -0.05) is 30.3 Å². The molecule has 1 saturated heterocycles. The molecule has 0 saturated carbocycles. The monoisotopic (exact) mass is 524 g/mol. The normalized spacial score (nSPS) is 16.6. The highest BCUT2D eigenvalue weighted by Crippen LogP contribution is 2.36. The lowest BCUT2D eigenvalue weighted by molar-refractivity contribution is -0.153. The van der Waals surface area contributed by atoms with Gasteiger partial charge >= 0.3 is 6.18 Å². The number of ether oxygens (including phenoxy) is 1. The number of piperidine rings is 1. The second-order valence-electron chi connectivity index (χ2n) is 8.27. The molecule has 0 aliphatic carbocycles. The largest absolute Gasteiger partial charge is 0.493 e. The lowest BCUT2D eigenvalue weighted by Gasteiger charge is -2.33. The number of hydrogen-bond donors (Lipinski definition) is 1. The van der Waals surface area contributed by atoms with E-state index in [0.717, 1.165) is 37.1 Å². The summed E-state index contributed by atoms with van der Waals surface area (Å²) in [6, 6.07) is 8.16. The van der Waals surface area contributed by atoms with Crippen molar-refractivity contribution in [2.45, 2.75) is 44.4 Å². The Labute approximate surface area is 203 Å². The first kappa shape index (κ1) is 28.4. The van der Waals surface area contributed by atoms with Gasteiger partial charge in [-0.3, -0.25) is 4.90 Å². The Kier molecular flexibility index (Phi) is 9.76. The number of hydrogen-bond acceptors (Lipinski definition) is 4. The second-order valence-corrected chi connectivity index (χ2v) is 10.1. The number of nitrogens with zero attached hydrogens (tertiary/aromatic N) is 1. The molecule has 190 valence electrons. The van der Waals surface area contributed by atoms with E-state index in [1.807, 2.05) is 6.92 Å². The first-order valence-electron chi connectivity index (χ1n) is 10.7. The standard InChI is InChI=1S/C23H28F4N2O3S.ClH/c1-3-32-21-14-19(24)8-9-20(21)17-10-12-29(13-11-17)15-16-4-6-18(7-5-16)22(23(25,26)27)28-33(2,30)31;/h4-9,14,17,22,28H,3,10-13,15H2,1-2H3;1H/t22-;/m0./s1. The van der Waals surface area contributed by atoms with Crippen LogP contribution in [0.1, 0.15) is 48.4 Å². The van der Waals surface area contributed by atoms with Crippen LogP contribution < -0.4 is 9.46 Å². The topological polar surface area (TPSA) is 58.6 Å². The first-order chi connectivity index (χ1) is 15.5. The summed E-state index contributed by atoms with van der Waals surface area (Å²) in [5.41, 5.74) is 1.68. The Balaban J connectivity index is 0.00000408. The quantitative estimate of drug-likeness (QED) is 0.484. The molecule has 1 aliphatic rings. The Bertz CT molecular complexity index is 1040. The van der Waals surface area contributed by atoms with Crippen LogP contribution in [0.2, 0.25) is 0 Å². The molecule has 1 atom stereocenters. The van der Waals surface area contributed by atoms with Crippen LogP contribution in [0.5, 0.6) is 5.75 Å². The minimum Gasteiger partial charge on any atom is -0.493 e. The number of sulfonamides is 1. The summed E-state index contributed by atoms with van der Waals surface area (Å²) in [7, 11) is -4.03. The van der Waals surface area contributed by atoms with Gasteiger partial charge in [0, 0.05) is 12.6 Å². The van der Waals surface area contributed by atoms with E-state index in [9.17, 15) is 26.0 Å². The van der Waals surface area contributed by atoms with Crippen LogP contribution in [-0.4, -0.2) is 45.4 Å². The number of halogens is 5. The summed E-state index contributed by atoms with van der Waals surface area (Å²) in [4.78, 5) is 2.21. The molecule has 0 spiro atoms. The van der Waals surface area contributed by atoms with Crippen LogP contribution in [0.25, 0.3) is 0 Å². The first-order valence-corrected chi connectivity index (χ1v) is 12.6. The summed E-state index contributed by atoms with van der Waals surface area (Å²) >= 11 is 0. The maximum Gasteiger partial charge on any atom is 0.408 e. The van der Waals surface area contributed by atoms with Gasteiger partial charge in [-0.25, -0.2) is 12.8 Å². The summed E-state index contributed by atoms with van der Waals surface area (Å²) in [5.74, 6) is 0.497. The van der Waals surface area contributed by atoms with Crippen molar-refractivity contribution in [2.75, 3.05) is 26.0 Å². The number of likely N-dealkylation sites (tertiary alicyclic amines) is 1. The SMILES string of the molecule is CCOc1cc(F)ccc1C1CCN(Cc2ccc([C@H](NS(C)(=O)=O)C(F)(F)F)cc2)CC1.Cl. The van der Waals surface area contributed by atoms with E-state index in [1.54, 1.807) is 22.9 Å². The van der Waals surface area contributed by atoms with E-state index in [0.29, 0.717) is 25.2 Å². The predicted molar refractivity (Wildman–Crippen MR) is 125 cm³/mol. The van der Waals surface area contributed by atoms with E-state index in [2.05, 4.69) is 4.90 Å². The molecule has 2 aromatic carbocycles. The maximum absolute atomic E-state index is 13.6. The molecule has 0 unspecified atom stereocenters. The molecule has 11 heteroatoms. The fourth-order valence-electron chi connectivity index (χ4n) is 4.14. The summed E-state index contributed by atoms with van der Waals surface area (Å²) in [5, 5.41) is 0. The van der Waals surface area contributed by atoms with Crippen LogP contribution in [0, 0.1) is 5.82 Å². The average molecular weight is 525 g/mol. The van der Waals surface area contributed by atoms with Gasteiger partial charge in [0.15, 0.2) is 0 Å². The Morgan fingerprint density at radius 1 is 1.12 bits per heavy atom. The molecule has 1 aliphatic heterocycles. The maximum atomic E-state index is 13.6. The zero-order valence-electron chi connectivity index (χ0n) is 18.9. The number of nitrogens with one attached hydrogen (secondary N) is 1. The molecule has 2 aromatic rings. The molecule has 34 heavy (non-hydrogen) atoms. The van der Waals surface area contributed by atoms with Crippen molar-refractivity contribution < 1.29 is 30.7 Å². The number of benzene rings is 2. The Morgan fingerprint density at radius 2 is 1.74 bits per heavy atom. The molecular formula is C23H29ClF4N2O3S. The molecular weight excluding hydrogens is 496 g/mol. The molecule has 0 radical (unpaired) electrons. The van der Waals surface area contributed by atoms with Crippen molar-refractivity contribution in [2.24, 2.45) is 0 Å². The highest BCUT2D eigenvalue weighted by molar-refractivity contribution is 7.88. The third-order valence-corrected chi connectivity index (χ3v) is 6.35. The van der Waals surface area contributed by atoms with Crippen molar-refractivity contribution in [3.63, 3.8) is 0 Å². The molecule has 1 heterocycles. The van der Waals surface area contributed by atoms with Crippen LogP contribution >= 0.6 is 12.4 Å². The zero-order chi connectivity index (χ0) is 24.2. The summed E-state index contributed by atoms with van der Waals surface area (Å²) < 4.78 is 83.5. The Hall–Kier alpha value is -1.88. The minimum absolute atomic E-state index is 0. The van der Waals surface area contributed by atoms with Crippen LogP contribution in [0.15, 0.2) is 42.5 Å². The Morgan fingerprint density at radius 3 is 2.26 bits per heavy atom. The molecule has 1 N–H and O–H groups in total. The van der Waals surface area contributed by atoms with Crippen LogP contribution in [-0.2, 0) is 16.6 Å². The smallest absolute Gasteiger partial charge is 0.408 e. The predicted octanol–water partition coefficient (Wildman–Crippen LogP) is 5.18. The molecule has 0 aromatic heterocycles.